The molecule has 0 aliphatic heterocycles. The Labute approximate surface area is 135 Å². The van der Waals surface area contributed by atoms with Gasteiger partial charge in [0.1, 0.15) is 9.88 Å². The molecule has 0 aromatic carbocycles. The van der Waals surface area contributed by atoms with Gasteiger partial charge in [-0.25, -0.2) is 13.1 Å². The summed E-state index contributed by atoms with van der Waals surface area (Å²) < 4.78 is 27.4. The van der Waals surface area contributed by atoms with Gasteiger partial charge >= 0.3 is 0 Å². The standard InChI is InChI=1S/C13H19N3O2S3/c1-20-10-4-2-9(3-5-10)16-21(17,18)11-6-7-12(13(14)19)15-8-11/h6-10,16H,2-5H2,1H3,(H2,14,19). The highest BCUT2D eigenvalue weighted by molar-refractivity contribution is 7.99. The van der Waals surface area contributed by atoms with Crippen molar-refractivity contribution in [2.75, 3.05) is 6.26 Å². The quantitative estimate of drug-likeness (QED) is 0.790. The minimum atomic E-state index is -3.53. The number of hydrogen-bond donors (Lipinski definition) is 2. The van der Waals surface area contributed by atoms with Crippen LogP contribution in [-0.4, -0.2) is 35.9 Å². The third kappa shape index (κ3) is 4.38. The number of thioether (sulfide) groups is 1. The van der Waals surface area contributed by atoms with Gasteiger partial charge in [0, 0.05) is 17.5 Å². The lowest BCUT2D eigenvalue weighted by molar-refractivity contribution is 0.420. The molecule has 116 valence electrons. The average molecular weight is 346 g/mol. The molecule has 1 saturated carbocycles. The number of nitrogens with one attached hydrogen (secondary N) is 1. The molecular weight excluding hydrogens is 326 g/mol. The van der Waals surface area contributed by atoms with Crippen molar-refractivity contribution in [1.82, 2.24) is 9.71 Å². The van der Waals surface area contributed by atoms with E-state index >= 15 is 0 Å². The molecule has 3 N–H and O–H groups in total. The monoisotopic (exact) mass is 345 g/mol. The maximum absolute atomic E-state index is 12.3. The number of thiocarbonyl (C=S) groups is 1. The van der Waals surface area contributed by atoms with Crippen molar-refractivity contribution >= 4 is 39.0 Å². The SMILES string of the molecule is CSC1CCC(NS(=O)(=O)c2ccc(C(N)=S)nc2)CC1. The van der Waals surface area contributed by atoms with E-state index in [9.17, 15) is 8.42 Å². The first-order valence-electron chi connectivity index (χ1n) is 6.73. The molecule has 1 aromatic heterocycles. The fraction of sp³-hybridized carbons (Fsp3) is 0.538. The fourth-order valence-electron chi connectivity index (χ4n) is 2.39. The minimum absolute atomic E-state index is 0.00802. The van der Waals surface area contributed by atoms with E-state index in [0.29, 0.717) is 10.9 Å². The van der Waals surface area contributed by atoms with Crippen molar-refractivity contribution in [2.45, 2.75) is 41.9 Å². The number of rotatable bonds is 5. The second-order valence-electron chi connectivity index (χ2n) is 5.07. The summed E-state index contributed by atoms with van der Waals surface area (Å²) in [6.45, 7) is 0. The summed E-state index contributed by atoms with van der Waals surface area (Å²) in [5.74, 6) is 0. The molecule has 2 rings (SSSR count). The number of sulfonamides is 1. The Hall–Kier alpha value is -0.700. The fourth-order valence-corrected chi connectivity index (χ4v) is 4.50. The van der Waals surface area contributed by atoms with Crippen LogP contribution in [0.4, 0.5) is 0 Å². The van der Waals surface area contributed by atoms with Gasteiger partial charge in [0.25, 0.3) is 0 Å². The normalized spacial score (nSPS) is 22.9. The van der Waals surface area contributed by atoms with Crippen LogP contribution in [0, 0.1) is 0 Å². The topological polar surface area (TPSA) is 85.1 Å². The summed E-state index contributed by atoms with van der Waals surface area (Å²) in [4.78, 5) is 4.28. The molecule has 1 fully saturated rings. The molecular formula is C13H19N3O2S3. The Kier molecular flexibility index (Phi) is 5.59. The van der Waals surface area contributed by atoms with Crippen molar-refractivity contribution in [3.05, 3.63) is 24.0 Å². The van der Waals surface area contributed by atoms with Gasteiger partial charge in [0.15, 0.2) is 0 Å². The summed E-state index contributed by atoms with van der Waals surface area (Å²) in [6.07, 6.45) is 7.25. The van der Waals surface area contributed by atoms with E-state index in [-0.39, 0.29) is 15.9 Å². The summed E-state index contributed by atoms with van der Waals surface area (Å²) in [5.41, 5.74) is 5.87. The van der Waals surface area contributed by atoms with Gasteiger partial charge in [-0.3, -0.25) is 4.98 Å². The van der Waals surface area contributed by atoms with E-state index in [4.69, 9.17) is 18.0 Å². The minimum Gasteiger partial charge on any atom is -0.388 e. The van der Waals surface area contributed by atoms with Gasteiger partial charge in [-0.15, -0.1) is 0 Å². The predicted molar refractivity (Wildman–Crippen MR) is 90.0 cm³/mol. The first-order valence-corrected chi connectivity index (χ1v) is 9.91. The van der Waals surface area contributed by atoms with Crippen molar-refractivity contribution in [3.63, 3.8) is 0 Å². The Balaban J connectivity index is 2.03. The van der Waals surface area contributed by atoms with E-state index in [1.807, 2.05) is 11.8 Å². The molecule has 1 heterocycles. The van der Waals surface area contributed by atoms with E-state index in [1.54, 1.807) is 0 Å². The lowest BCUT2D eigenvalue weighted by Crippen LogP contribution is -2.38. The van der Waals surface area contributed by atoms with Crippen LogP contribution in [-0.2, 0) is 10.0 Å². The largest absolute Gasteiger partial charge is 0.388 e. The van der Waals surface area contributed by atoms with Crippen LogP contribution < -0.4 is 10.5 Å². The number of aromatic nitrogens is 1. The van der Waals surface area contributed by atoms with Crippen LogP contribution in [0.5, 0.6) is 0 Å². The first kappa shape index (κ1) is 16.7. The first-order chi connectivity index (χ1) is 9.92. The molecule has 21 heavy (non-hydrogen) atoms. The third-order valence-electron chi connectivity index (χ3n) is 3.63. The summed E-state index contributed by atoms with van der Waals surface area (Å²) in [5, 5.41) is 0.650. The Morgan fingerprint density at radius 1 is 1.38 bits per heavy atom. The van der Waals surface area contributed by atoms with Gasteiger partial charge in [-0.05, 0) is 44.1 Å². The summed E-state index contributed by atoms with van der Waals surface area (Å²) in [7, 11) is -3.53. The molecule has 8 heteroatoms. The number of hydrogen-bond acceptors (Lipinski definition) is 5. The molecule has 0 bridgehead atoms. The third-order valence-corrected chi connectivity index (χ3v) is 6.48. The molecule has 0 amide bonds. The highest BCUT2D eigenvalue weighted by Crippen LogP contribution is 2.27. The molecule has 0 radical (unpaired) electrons. The van der Waals surface area contributed by atoms with Gasteiger partial charge in [0.05, 0.1) is 5.69 Å². The van der Waals surface area contributed by atoms with Gasteiger partial charge in [-0.1, -0.05) is 12.2 Å². The summed E-state index contributed by atoms with van der Waals surface area (Å²) in [6, 6.07) is 3.02. The Morgan fingerprint density at radius 2 is 2.05 bits per heavy atom. The number of pyridine rings is 1. The van der Waals surface area contributed by atoms with Gasteiger partial charge in [-0.2, -0.15) is 11.8 Å². The second-order valence-corrected chi connectivity index (χ2v) is 8.37. The molecule has 0 unspecified atom stereocenters. The highest BCUT2D eigenvalue weighted by Gasteiger charge is 2.25. The van der Waals surface area contributed by atoms with Crippen molar-refractivity contribution < 1.29 is 8.42 Å². The van der Waals surface area contributed by atoms with Gasteiger partial charge < -0.3 is 5.73 Å². The zero-order chi connectivity index (χ0) is 15.5. The van der Waals surface area contributed by atoms with Crippen LogP contribution in [0.3, 0.4) is 0 Å². The van der Waals surface area contributed by atoms with Crippen molar-refractivity contribution in [3.8, 4) is 0 Å². The molecule has 0 atom stereocenters. The average Bonchev–Trinajstić information content (AvgIpc) is 2.48. The number of nitrogens with two attached hydrogens (primary N) is 1. The van der Waals surface area contributed by atoms with E-state index < -0.39 is 10.0 Å². The lowest BCUT2D eigenvalue weighted by Gasteiger charge is -2.27. The van der Waals surface area contributed by atoms with Crippen LogP contribution in [0.1, 0.15) is 31.4 Å². The maximum atomic E-state index is 12.3. The van der Waals surface area contributed by atoms with Crippen molar-refractivity contribution in [1.29, 1.82) is 0 Å². The molecule has 1 aliphatic rings. The molecule has 0 spiro atoms. The van der Waals surface area contributed by atoms with E-state index in [0.717, 1.165) is 25.7 Å². The van der Waals surface area contributed by atoms with Gasteiger partial charge in [0.2, 0.25) is 10.0 Å². The predicted octanol–water partition coefficient (Wildman–Crippen LogP) is 1.67. The zero-order valence-electron chi connectivity index (χ0n) is 11.8. The van der Waals surface area contributed by atoms with Crippen molar-refractivity contribution in [2.24, 2.45) is 5.73 Å². The molecule has 1 aromatic rings. The smallest absolute Gasteiger partial charge is 0.242 e. The Morgan fingerprint density at radius 3 is 2.52 bits per heavy atom. The maximum Gasteiger partial charge on any atom is 0.242 e. The van der Waals surface area contributed by atoms with Crippen LogP contribution in [0.2, 0.25) is 0 Å². The number of nitrogens with zero attached hydrogens (tertiary/aromatic N) is 1. The van der Waals surface area contributed by atoms with Crippen LogP contribution >= 0.6 is 24.0 Å². The molecule has 0 saturated heterocycles. The van der Waals surface area contributed by atoms with E-state index in [2.05, 4.69) is 16.0 Å². The highest BCUT2D eigenvalue weighted by atomic mass is 32.2. The summed E-state index contributed by atoms with van der Waals surface area (Å²) >= 11 is 6.66. The molecule has 1 aliphatic carbocycles. The Bertz CT molecular complexity index is 594. The second kappa shape index (κ2) is 7.04. The van der Waals surface area contributed by atoms with Crippen LogP contribution in [0.25, 0.3) is 0 Å². The zero-order valence-corrected chi connectivity index (χ0v) is 14.2. The molecule has 5 nitrogen and oxygen atoms in total. The lowest BCUT2D eigenvalue weighted by atomic mass is 9.96. The van der Waals surface area contributed by atoms with E-state index in [1.165, 1.54) is 18.3 Å². The van der Waals surface area contributed by atoms with Crippen LogP contribution in [0.15, 0.2) is 23.2 Å².